The highest BCUT2D eigenvalue weighted by Gasteiger charge is 2.16. The average molecular weight is 404 g/mol. The van der Waals surface area contributed by atoms with E-state index in [9.17, 15) is 0 Å². The van der Waals surface area contributed by atoms with Crippen LogP contribution in [-0.2, 0) is 19.4 Å². The number of aryl methyl sites for hydroxylation is 1. The first-order chi connectivity index (χ1) is 8.74. The van der Waals surface area contributed by atoms with Crippen LogP contribution >= 0.6 is 27.3 Å². The molecular weight excluding hydrogens is 388 g/mol. The molecule has 0 atom stereocenters. The second-order valence-electron chi connectivity index (χ2n) is 4.70. The zero-order chi connectivity index (χ0) is 12.5. The van der Waals surface area contributed by atoms with Crippen molar-refractivity contribution < 1.29 is 18.4 Å². The zero-order valence-electron chi connectivity index (χ0n) is 11.5. The van der Waals surface area contributed by atoms with Crippen LogP contribution in [0.4, 0.5) is 0 Å². The Balaban J connectivity index is 0.000001000. The molecule has 3 rings (SSSR count). The van der Waals surface area contributed by atoms with Gasteiger partial charge in [-0.15, -0.1) is 11.3 Å². The van der Waals surface area contributed by atoms with Crippen LogP contribution in [0.2, 0.25) is 0 Å². The summed E-state index contributed by atoms with van der Waals surface area (Å²) in [5, 5.41) is 8.13. The van der Waals surface area contributed by atoms with Crippen molar-refractivity contribution in [1.29, 1.82) is 5.41 Å². The van der Waals surface area contributed by atoms with Crippen LogP contribution in [0.3, 0.4) is 0 Å². The second-order valence-corrected chi connectivity index (χ2v) is 6.70. The van der Waals surface area contributed by atoms with Crippen LogP contribution in [0.25, 0.3) is 0 Å². The normalized spacial score (nSPS) is 13.7. The molecule has 0 saturated heterocycles. The van der Waals surface area contributed by atoms with Crippen molar-refractivity contribution in [3.8, 4) is 0 Å². The van der Waals surface area contributed by atoms with Crippen molar-refractivity contribution in [2.24, 2.45) is 0 Å². The molecule has 1 aromatic carbocycles. The predicted octanol–water partition coefficient (Wildman–Crippen LogP) is 0.835. The Labute approximate surface area is 137 Å². The molecule has 0 fully saturated rings. The molecule has 1 heterocycles. The van der Waals surface area contributed by atoms with E-state index in [4.69, 9.17) is 5.41 Å². The number of aromatic nitrogens is 1. The van der Waals surface area contributed by atoms with Gasteiger partial charge in [-0.05, 0) is 43.4 Å². The number of hydrogen-bond acceptors (Lipinski definition) is 2. The van der Waals surface area contributed by atoms with E-state index in [0.29, 0.717) is 4.80 Å². The number of halogens is 2. The Morgan fingerprint density at radius 1 is 1.21 bits per heavy atom. The van der Waals surface area contributed by atoms with Crippen LogP contribution in [0, 0.1) is 5.41 Å². The van der Waals surface area contributed by atoms with Crippen LogP contribution in [0.1, 0.15) is 30.4 Å². The Morgan fingerprint density at radius 3 is 2.63 bits per heavy atom. The Hall–Kier alpha value is -0.390. The Kier molecular flexibility index (Phi) is 5.03. The minimum atomic E-state index is 0. The monoisotopic (exact) mass is 402 g/mol. The maximum absolute atomic E-state index is 8.13. The van der Waals surface area contributed by atoms with Crippen LogP contribution in [0.15, 0.2) is 28.7 Å². The summed E-state index contributed by atoms with van der Waals surface area (Å²) in [4.78, 5) is 2.13. The lowest BCUT2D eigenvalue weighted by Gasteiger charge is -2.14. The van der Waals surface area contributed by atoms with Gasteiger partial charge in [0.05, 0.1) is 6.54 Å². The molecule has 0 radical (unpaired) electrons. The zero-order valence-corrected chi connectivity index (χ0v) is 14.4. The van der Waals surface area contributed by atoms with Gasteiger partial charge in [-0.1, -0.05) is 28.1 Å². The maximum atomic E-state index is 8.13. The highest BCUT2D eigenvalue weighted by molar-refractivity contribution is 9.10. The minimum absolute atomic E-state index is 0. The van der Waals surface area contributed by atoms with E-state index >= 15 is 0 Å². The summed E-state index contributed by atoms with van der Waals surface area (Å²) in [7, 11) is 0. The van der Waals surface area contributed by atoms with Gasteiger partial charge in [0.25, 0.3) is 0 Å². The molecule has 5 heteroatoms. The molecule has 1 aliphatic carbocycles. The van der Waals surface area contributed by atoms with Gasteiger partial charge >= 0.3 is 1.43 Å². The third kappa shape index (κ3) is 3.20. The number of benzene rings is 1. The first-order valence-corrected chi connectivity index (χ1v) is 7.85. The van der Waals surface area contributed by atoms with Crippen molar-refractivity contribution >= 4 is 27.3 Å². The number of rotatable bonds is 2. The minimum Gasteiger partial charge on any atom is -1.00 e. The van der Waals surface area contributed by atoms with Crippen molar-refractivity contribution in [2.45, 2.75) is 32.2 Å². The first-order valence-electron chi connectivity index (χ1n) is 6.24. The fraction of sp³-hybridized carbons (Fsp3) is 0.357. The van der Waals surface area contributed by atoms with E-state index < -0.39 is 0 Å². The molecule has 0 saturated carbocycles. The molecule has 19 heavy (non-hydrogen) atoms. The fourth-order valence-corrected chi connectivity index (χ4v) is 3.85. The molecule has 2 aromatic rings. The van der Waals surface area contributed by atoms with E-state index in [1.807, 2.05) is 0 Å². The molecule has 0 aliphatic heterocycles. The highest BCUT2D eigenvalue weighted by Crippen LogP contribution is 2.24. The van der Waals surface area contributed by atoms with Crippen molar-refractivity contribution in [3.63, 3.8) is 0 Å². The van der Waals surface area contributed by atoms with Crippen molar-refractivity contribution in [1.82, 2.24) is 4.57 Å². The van der Waals surface area contributed by atoms with Gasteiger partial charge in [0.1, 0.15) is 0 Å². The van der Waals surface area contributed by atoms with E-state index in [2.05, 4.69) is 44.8 Å². The molecule has 1 aliphatic rings. The summed E-state index contributed by atoms with van der Waals surface area (Å²) in [5.41, 5.74) is 2.67. The summed E-state index contributed by atoms with van der Waals surface area (Å²) >= 11 is 5.12. The molecule has 102 valence electrons. The number of nitrogens with zero attached hydrogens (tertiary/aromatic N) is 1. The molecule has 1 aromatic heterocycles. The standard InChI is InChI=1S/C14H15BrN2S.BrH/c15-11-7-5-10(6-8-11)9-17-12-3-1-2-4-13(12)18-14(17)16;/h5-8,16H,1-4,9H2;1H. The van der Waals surface area contributed by atoms with Gasteiger partial charge < -0.3 is 21.5 Å². The van der Waals surface area contributed by atoms with E-state index in [0.717, 1.165) is 17.4 Å². The molecule has 2 nitrogen and oxygen atoms in total. The fourth-order valence-electron chi connectivity index (χ4n) is 2.49. The quantitative estimate of drug-likeness (QED) is 0.769. The SMILES string of the molecule is N=c1sc2c(n1Cc1ccc(Br)cc1)CCCC2.[Br-].[H+]. The van der Waals surface area contributed by atoms with Crippen LogP contribution in [0.5, 0.6) is 0 Å². The first kappa shape index (κ1) is 15.0. The smallest absolute Gasteiger partial charge is 1.00 e. The third-order valence-electron chi connectivity index (χ3n) is 3.43. The van der Waals surface area contributed by atoms with Gasteiger partial charge in [-0.25, -0.2) is 0 Å². The lowest BCUT2D eigenvalue weighted by atomic mass is 10.0. The van der Waals surface area contributed by atoms with E-state index in [1.165, 1.54) is 35.4 Å². The molecule has 0 bridgehead atoms. The Bertz CT molecular complexity index is 619. The summed E-state index contributed by atoms with van der Waals surface area (Å²) in [6.07, 6.45) is 4.86. The average Bonchev–Trinajstić information content (AvgIpc) is 2.69. The van der Waals surface area contributed by atoms with Gasteiger partial charge in [0.2, 0.25) is 0 Å². The predicted molar refractivity (Wildman–Crippen MR) is 79.2 cm³/mol. The number of fused-ring (bicyclic) bond motifs is 1. The number of thiazole rings is 1. The van der Waals surface area contributed by atoms with Gasteiger partial charge in [0, 0.05) is 15.0 Å². The van der Waals surface area contributed by atoms with E-state index in [1.54, 1.807) is 11.3 Å². The maximum Gasteiger partial charge on any atom is 1.00 e. The van der Waals surface area contributed by atoms with E-state index in [-0.39, 0.29) is 18.4 Å². The highest BCUT2D eigenvalue weighted by atomic mass is 79.9. The molecule has 1 N–H and O–H groups in total. The summed E-state index contributed by atoms with van der Waals surface area (Å²) < 4.78 is 3.29. The second kappa shape index (κ2) is 6.37. The van der Waals surface area contributed by atoms with Gasteiger partial charge in [-0.2, -0.15) is 0 Å². The largest absolute Gasteiger partial charge is 1.00 e. The third-order valence-corrected chi connectivity index (χ3v) is 5.06. The lowest BCUT2D eigenvalue weighted by molar-refractivity contribution is -0.00000370. The lowest BCUT2D eigenvalue weighted by Crippen LogP contribution is -3.00. The molecule has 0 unspecified atom stereocenters. The summed E-state index contributed by atoms with van der Waals surface area (Å²) in [6, 6.07) is 8.39. The molecular formula is C14H16Br2N2S. The number of hydrogen-bond donors (Lipinski definition) is 1. The van der Waals surface area contributed by atoms with Crippen molar-refractivity contribution in [2.75, 3.05) is 0 Å². The number of nitrogens with one attached hydrogen (secondary N) is 1. The van der Waals surface area contributed by atoms with Crippen LogP contribution in [-0.4, -0.2) is 4.57 Å². The summed E-state index contributed by atoms with van der Waals surface area (Å²) in [5.74, 6) is 0. The Morgan fingerprint density at radius 2 is 1.89 bits per heavy atom. The molecule has 0 amide bonds. The van der Waals surface area contributed by atoms with Crippen molar-refractivity contribution in [3.05, 3.63) is 49.7 Å². The topological polar surface area (TPSA) is 28.8 Å². The van der Waals surface area contributed by atoms with Gasteiger partial charge in [-0.3, -0.25) is 5.41 Å². The van der Waals surface area contributed by atoms with Gasteiger partial charge in [0.15, 0.2) is 4.80 Å². The van der Waals surface area contributed by atoms with Crippen LogP contribution < -0.4 is 21.8 Å². The molecule has 0 spiro atoms. The summed E-state index contributed by atoms with van der Waals surface area (Å²) in [6.45, 7) is 0.831.